The number of aromatic nitrogens is 1. The van der Waals surface area contributed by atoms with Crippen molar-refractivity contribution in [1.82, 2.24) is 8.68 Å². The minimum atomic E-state index is -3.72. The van der Waals surface area contributed by atoms with Gasteiger partial charge in [0.05, 0.1) is 25.9 Å². The van der Waals surface area contributed by atoms with E-state index < -0.39 is 10.0 Å². The zero-order valence-electron chi connectivity index (χ0n) is 13.2. The molecule has 0 N–H and O–H groups in total. The van der Waals surface area contributed by atoms with E-state index in [1.807, 2.05) is 19.1 Å². The maximum Gasteiger partial charge on any atom is 0.249 e. The molecular formula is C15H17ClN2O4S2. The van der Waals surface area contributed by atoms with E-state index in [1.165, 1.54) is 16.8 Å². The van der Waals surface area contributed by atoms with Crippen LogP contribution in [0.1, 0.15) is 18.6 Å². The van der Waals surface area contributed by atoms with Gasteiger partial charge in [0.1, 0.15) is 0 Å². The highest BCUT2D eigenvalue weighted by molar-refractivity contribution is 7.89. The largest absolute Gasteiger partial charge is 0.479 e. The van der Waals surface area contributed by atoms with E-state index in [0.29, 0.717) is 11.6 Å². The number of morpholine rings is 1. The summed E-state index contributed by atoms with van der Waals surface area (Å²) in [5, 5.41) is 2.08. The van der Waals surface area contributed by atoms with Crippen molar-refractivity contribution in [3.8, 4) is 5.88 Å². The minimum absolute atomic E-state index is 0.0913. The van der Waals surface area contributed by atoms with Crippen LogP contribution >= 0.6 is 23.1 Å². The molecule has 0 unspecified atom stereocenters. The first-order valence-corrected chi connectivity index (χ1v) is 9.98. The van der Waals surface area contributed by atoms with Crippen LogP contribution in [-0.4, -0.2) is 43.4 Å². The molecule has 2 atom stereocenters. The van der Waals surface area contributed by atoms with Crippen molar-refractivity contribution in [2.75, 3.05) is 20.3 Å². The van der Waals surface area contributed by atoms with Crippen LogP contribution in [0.5, 0.6) is 5.88 Å². The Balaban J connectivity index is 1.94. The first-order valence-electron chi connectivity index (χ1n) is 7.32. The van der Waals surface area contributed by atoms with Crippen LogP contribution in [0.3, 0.4) is 0 Å². The maximum absolute atomic E-state index is 13.0. The monoisotopic (exact) mass is 388 g/mol. The first-order chi connectivity index (χ1) is 11.4. The van der Waals surface area contributed by atoms with Gasteiger partial charge in [0, 0.05) is 16.9 Å². The Labute approximate surface area is 150 Å². The molecule has 1 aromatic carbocycles. The van der Waals surface area contributed by atoms with Crippen molar-refractivity contribution in [3.05, 3.63) is 40.2 Å². The van der Waals surface area contributed by atoms with Gasteiger partial charge in [0.2, 0.25) is 15.9 Å². The molecule has 0 radical (unpaired) electrons. The van der Waals surface area contributed by atoms with Crippen LogP contribution < -0.4 is 4.74 Å². The lowest BCUT2D eigenvalue weighted by atomic mass is 10.0. The highest BCUT2D eigenvalue weighted by atomic mass is 35.5. The summed E-state index contributed by atoms with van der Waals surface area (Å²) in [5.74, 6) is 0.123. The predicted octanol–water partition coefficient (Wildman–Crippen LogP) is 2.96. The van der Waals surface area contributed by atoms with Gasteiger partial charge in [-0.3, -0.25) is 0 Å². The summed E-state index contributed by atoms with van der Waals surface area (Å²) in [5.41, 5.74) is 0.852. The summed E-state index contributed by atoms with van der Waals surface area (Å²) in [6.07, 6.45) is -0.384. The van der Waals surface area contributed by atoms with E-state index in [9.17, 15) is 8.42 Å². The first kappa shape index (κ1) is 17.6. The molecule has 0 saturated carbocycles. The summed E-state index contributed by atoms with van der Waals surface area (Å²) < 4.78 is 42.3. The second-order valence-corrected chi connectivity index (χ2v) is 8.32. The number of sulfonamides is 1. The number of nitrogens with zero attached hydrogens (tertiary/aromatic N) is 2. The van der Waals surface area contributed by atoms with E-state index in [2.05, 4.69) is 4.37 Å². The fraction of sp³-hybridized carbons (Fsp3) is 0.400. The Bertz CT molecular complexity index is 824. The predicted molar refractivity (Wildman–Crippen MR) is 92.2 cm³/mol. The van der Waals surface area contributed by atoms with Gasteiger partial charge in [0.25, 0.3) is 0 Å². The Kier molecular flexibility index (Phi) is 5.12. The van der Waals surface area contributed by atoms with Gasteiger partial charge in [-0.05, 0) is 36.2 Å². The molecule has 1 saturated heterocycles. The second-order valence-electron chi connectivity index (χ2n) is 5.39. The molecule has 1 aromatic heterocycles. The lowest BCUT2D eigenvalue weighted by Crippen LogP contribution is -2.48. The summed E-state index contributed by atoms with van der Waals surface area (Å²) in [6, 6.07) is 6.90. The molecule has 2 aromatic rings. The topological polar surface area (TPSA) is 68.7 Å². The smallest absolute Gasteiger partial charge is 0.249 e. The minimum Gasteiger partial charge on any atom is -0.479 e. The maximum atomic E-state index is 13.0. The van der Waals surface area contributed by atoms with E-state index in [-0.39, 0.29) is 29.5 Å². The highest BCUT2D eigenvalue weighted by Gasteiger charge is 2.39. The highest BCUT2D eigenvalue weighted by Crippen LogP contribution is 2.35. The third-order valence-corrected chi connectivity index (χ3v) is 6.94. The average molecular weight is 389 g/mol. The quantitative estimate of drug-likeness (QED) is 0.805. The number of rotatable bonds is 4. The summed E-state index contributed by atoms with van der Waals surface area (Å²) in [7, 11) is -2.31. The lowest BCUT2D eigenvalue weighted by Gasteiger charge is -2.38. The van der Waals surface area contributed by atoms with Gasteiger partial charge in [-0.25, -0.2) is 8.42 Å². The molecule has 0 bridgehead atoms. The molecule has 2 heterocycles. The molecule has 1 fully saturated rings. The molecule has 0 aliphatic carbocycles. The van der Waals surface area contributed by atoms with Crippen molar-refractivity contribution >= 4 is 33.2 Å². The van der Waals surface area contributed by atoms with Crippen LogP contribution in [0.15, 0.2) is 34.5 Å². The second kappa shape index (κ2) is 6.97. The van der Waals surface area contributed by atoms with Gasteiger partial charge in [-0.1, -0.05) is 23.7 Å². The molecule has 130 valence electrons. The summed E-state index contributed by atoms with van der Waals surface area (Å²) in [4.78, 5) is 0.0913. The number of benzene rings is 1. The molecule has 6 nitrogen and oxygen atoms in total. The standard InChI is InChI=1S/C15H17ClN2O4S2/c1-10-14(11-4-3-5-12(16)8-11)22-7-6-18(10)24(19,20)13-9-23-17-15(13)21-2/h3-5,8-10,14H,6-7H2,1-2H3/t10-,14+/m1/s1. The summed E-state index contributed by atoms with van der Waals surface area (Å²) >= 11 is 7.10. The Morgan fingerprint density at radius 2 is 2.25 bits per heavy atom. The Hall–Kier alpha value is -1.19. The van der Waals surface area contributed by atoms with Crippen molar-refractivity contribution in [2.45, 2.75) is 24.0 Å². The third kappa shape index (κ3) is 3.16. The molecule has 1 aliphatic rings. The van der Waals surface area contributed by atoms with Crippen LogP contribution in [0.2, 0.25) is 5.02 Å². The van der Waals surface area contributed by atoms with E-state index in [0.717, 1.165) is 17.1 Å². The van der Waals surface area contributed by atoms with Crippen molar-refractivity contribution in [1.29, 1.82) is 0 Å². The molecule has 3 rings (SSSR count). The molecule has 1 aliphatic heterocycles. The van der Waals surface area contributed by atoms with Gasteiger partial charge < -0.3 is 9.47 Å². The number of ether oxygens (including phenoxy) is 2. The fourth-order valence-electron chi connectivity index (χ4n) is 2.81. The van der Waals surface area contributed by atoms with Gasteiger partial charge in [-0.2, -0.15) is 8.68 Å². The van der Waals surface area contributed by atoms with Crippen LogP contribution in [-0.2, 0) is 14.8 Å². The fourth-order valence-corrected chi connectivity index (χ4v) is 5.67. The molecule has 24 heavy (non-hydrogen) atoms. The van der Waals surface area contributed by atoms with Crippen LogP contribution in [0.4, 0.5) is 0 Å². The zero-order valence-corrected chi connectivity index (χ0v) is 15.6. The number of halogens is 1. The van der Waals surface area contributed by atoms with Gasteiger partial charge in [-0.15, -0.1) is 0 Å². The lowest BCUT2D eigenvalue weighted by molar-refractivity contribution is -0.0361. The summed E-state index contributed by atoms with van der Waals surface area (Å²) in [6.45, 7) is 2.41. The zero-order chi connectivity index (χ0) is 17.3. The van der Waals surface area contributed by atoms with Gasteiger partial charge in [0.15, 0.2) is 4.90 Å². The molecule has 0 amide bonds. The molecule has 9 heteroatoms. The Morgan fingerprint density at radius 3 is 2.96 bits per heavy atom. The van der Waals surface area contributed by atoms with Crippen molar-refractivity contribution in [2.24, 2.45) is 0 Å². The van der Waals surface area contributed by atoms with Crippen LogP contribution in [0, 0.1) is 0 Å². The normalized spacial score (nSPS) is 22.5. The van der Waals surface area contributed by atoms with Crippen molar-refractivity contribution < 1.29 is 17.9 Å². The number of hydrogen-bond acceptors (Lipinski definition) is 6. The van der Waals surface area contributed by atoms with Gasteiger partial charge >= 0.3 is 0 Å². The van der Waals surface area contributed by atoms with E-state index in [4.69, 9.17) is 21.1 Å². The van der Waals surface area contributed by atoms with E-state index >= 15 is 0 Å². The average Bonchev–Trinajstić information content (AvgIpc) is 3.04. The van der Waals surface area contributed by atoms with E-state index in [1.54, 1.807) is 12.1 Å². The Morgan fingerprint density at radius 1 is 1.46 bits per heavy atom. The number of hydrogen-bond donors (Lipinski definition) is 0. The van der Waals surface area contributed by atoms with Crippen LogP contribution in [0.25, 0.3) is 0 Å². The number of methoxy groups -OCH3 is 1. The third-order valence-electron chi connectivity index (χ3n) is 3.96. The van der Waals surface area contributed by atoms with Crippen molar-refractivity contribution in [3.63, 3.8) is 0 Å². The molecule has 0 spiro atoms. The SMILES string of the molecule is COc1nscc1S(=O)(=O)N1CCO[C@H](c2cccc(Cl)c2)[C@H]1C. The molecular weight excluding hydrogens is 372 g/mol.